The number of rotatable bonds is 7. The van der Waals surface area contributed by atoms with Gasteiger partial charge in [-0.05, 0) is 50.8 Å². The van der Waals surface area contributed by atoms with Gasteiger partial charge in [-0.15, -0.1) is 0 Å². The first-order chi connectivity index (χ1) is 16.6. The molecule has 4 N–H and O–H groups in total. The van der Waals surface area contributed by atoms with E-state index in [1.165, 1.54) is 6.20 Å². The zero-order chi connectivity index (χ0) is 25.8. The summed E-state index contributed by atoms with van der Waals surface area (Å²) in [5.74, 6) is 0.126. The molecule has 0 saturated heterocycles. The molecule has 0 spiro atoms. The maximum absolute atomic E-state index is 13.0. The number of primary amides is 1. The molecule has 0 aliphatic carbocycles. The van der Waals surface area contributed by atoms with Crippen molar-refractivity contribution in [3.05, 3.63) is 53.2 Å². The van der Waals surface area contributed by atoms with Crippen LogP contribution in [0, 0.1) is 6.92 Å². The van der Waals surface area contributed by atoms with Crippen molar-refractivity contribution in [3.63, 3.8) is 0 Å². The summed E-state index contributed by atoms with van der Waals surface area (Å²) >= 11 is 0. The number of sulfone groups is 1. The third-order valence-corrected chi connectivity index (χ3v) is 7.24. The predicted molar refractivity (Wildman–Crippen MR) is 133 cm³/mol. The summed E-state index contributed by atoms with van der Waals surface area (Å²) in [6.45, 7) is 2.55. The molecule has 0 atom stereocenters. The second kappa shape index (κ2) is 10.7. The fourth-order valence-corrected chi connectivity index (χ4v) is 5.34. The molecule has 0 unspecified atom stereocenters. The van der Waals surface area contributed by atoms with Crippen LogP contribution in [0.4, 0.5) is 11.4 Å². The SMILES string of the molecule is Cc1cc(S(=O)(=O)CCN(C)C)cc2c(Nc3cccc4c3CCO4)c(C(N)=O)cnc12.O=CO. The Kier molecular flexibility index (Phi) is 7.92. The van der Waals surface area contributed by atoms with Crippen molar-refractivity contribution in [1.82, 2.24) is 9.88 Å². The summed E-state index contributed by atoms with van der Waals surface area (Å²) in [5.41, 5.74) is 9.37. The minimum Gasteiger partial charge on any atom is -0.493 e. The van der Waals surface area contributed by atoms with Crippen molar-refractivity contribution in [2.24, 2.45) is 5.73 Å². The molecule has 1 aliphatic rings. The molecule has 0 bridgehead atoms. The van der Waals surface area contributed by atoms with Crippen LogP contribution < -0.4 is 15.8 Å². The molecule has 4 rings (SSSR count). The van der Waals surface area contributed by atoms with Crippen LogP contribution in [-0.4, -0.2) is 68.8 Å². The zero-order valence-corrected chi connectivity index (χ0v) is 20.6. The van der Waals surface area contributed by atoms with Crippen LogP contribution in [0.25, 0.3) is 10.9 Å². The van der Waals surface area contributed by atoms with Gasteiger partial charge in [0.2, 0.25) is 0 Å². The number of aryl methyl sites for hydroxylation is 1. The van der Waals surface area contributed by atoms with Crippen LogP contribution >= 0.6 is 0 Å². The van der Waals surface area contributed by atoms with Gasteiger partial charge in [-0.1, -0.05) is 6.07 Å². The molecule has 2 heterocycles. The van der Waals surface area contributed by atoms with Gasteiger partial charge in [0, 0.05) is 35.8 Å². The lowest BCUT2D eigenvalue weighted by atomic mass is 10.0. The number of pyridine rings is 1. The minimum atomic E-state index is -3.53. The Balaban J connectivity index is 0.00000108. The molecule has 35 heavy (non-hydrogen) atoms. The van der Waals surface area contributed by atoms with Crippen molar-refractivity contribution in [2.75, 3.05) is 38.3 Å². The Morgan fingerprint density at radius 1 is 1.31 bits per heavy atom. The summed E-state index contributed by atoms with van der Waals surface area (Å²) in [6, 6.07) is 8.86. The monoisotopic (exact) mass is 500 g/mol. The van der Waals surface area contributed by atoms with E-state index in [9.17, 15) is 13.2 Å². The van der Waals surface area contributed by atoms with E-state index in [1.54, 1.807) is 12.1 Å². The predicted octanol–water partition coefficient (Wildman–Crippen LogP) is 2.36. The number of carbonyl (C=O) groups excluding carboxylic acids is 1. The van der Waals surface area contributed by atoms with E-state index in [1.807, 2.05) is 44.1 Å². The first-order valence-electron chi connectivity index (χ1n) is 10.8. The largest absolute Gasteiger partial charge is 0.493 e. The van der Waals surface area contributed by atoms with E-state index in [4.69, 9.17) is 20.4 Å². The molecule has 0 fully saturated rings. The zero-order valence-electron chi connectivity index (χ0n) is 19.7. The van der Waals surface area contributed by atoms with Gasteiger partial charge in [0.15, 0.2) is 9.84 Å². The van der Waals surface area contributed by atoms with Crippen molar-refractivity contribution >= 4 is 44.5 Å². The summed E-state index contributed by atoms with van der Waals surface area (Å²) in [6.07, 6.45) is 2.16. The maximum Gasteiger partial charge on any atom is 0.290 e. The van der Waals surface area contributed by atoms with Crippen LogP contribution in [-0.2, 0) is 21.1 Å². The normalized spacial score (nSPS) is 12.5. The number of nitrogens with one attached hydrogen (secondary N) is 1. The molecule has 1 aliphatic heterocycles. The van der Waals surface area contributed by atoms with Gasteiger partial charge in [0.25, 0.3) is 12.4 Å². The molecule has 1 aromatic heterocycles. The van der Waals surface area contributed by atoms with E-state index < -0.39 is 15.7 Å². The second-order valence-corrected chi connectivity index (χ2v) is 10.4. The van der Waals surface area contributed by atoms with E-state index in [0.717, 1.165) is 23.4 Å². The minimum absolute atomic E-state index is 0.0137. The number of nitrogens with zero attached hydrogens (tertiary/aromatic N) is 2. The number of amides is 1. The van der Waals surface area contributed by atoms with Crippen LogP contribution in [0.5, 0.6) is 5.75 Å². The summed E-state index contributed by atoms with van der Waals surface area (Å²) < 4.78 is 31.6. The average molecular weight is 501 g/mol. The van der Waals surface area contributed by atoms with E-state index in [2.05, 4.69) is 10.3 Å². The summed E-state index contributed by atoms with van der Waals surface area (Å²) in [7, 11) is 0.120. The number of aromatic nitrogens is 1. The Morgan fingerprint density at radius 3 is 2.69 bits per heavy atom. The van der Waals surface area contributed by atoms with Crippen LogP contribution in [0.3, 0.4) is 0 Å². The number of carbonyl (C=O) groups is 2. The summed E-state index contributed by atoms with van der Waals surface area (Å²) in [4.78, 5) is 27.0. The lowest BCUT2D eigenvalue weighted by Crippen LogP contribution is -2.22. The van der Waals surface area contributed by atoms with E-state index in [-0.39, 0.29) is 22.7 Å². The molecule has 0 radical (unpaired) electrons. The molecule has 11 heteroatoms. The molecular weight excluding hydrogens is 472 g/mol. The second-order valence-electron chi connectivity index (χ2n) is 8.28. The number of carboxylic acid groups (broad SMARTS) is 1. The number of nitrogens with two attached hydrogens (primary N) is 1. The maximum atomic E-state index is 13.0. The number of ether oxygens (including phenoxy) is 1. The fourth-order valence-electron chi connectivity index (χ4n) is 3.84. The number of hydrogen-bond acceptors (Lipinski definition) is 8. The number of benzene rings is 2. The van der Waals surface area contributed by atoms with Gasteiger partial charge >= 0.3 is 0 Å². The highest BCUT2D eigenvalue weighted by molar-refractivity contribution is 7.91. The van der Waals surface area contributed by atoms with Crippen molar-refractivity contribution in [2.45, 2.75) is 18.2 Å². The standard InChI is InChI=1S/C23H26N4O4S.CH2O2/c1-14-11-15(32(29,30)10-8-27(2)3)12-17-21(14)25-13-18(23(24)28)22(17)26-19-5-4-6-20-16(19)7-9-31-20;2-1-3/h4-6,11-13H,7-10H2,1-3H3,(H2,24,28)(H,25,26);1H,(H,2,3). The summed E-state index contributed by atoms with van der Waals surface area (Å²) in [5, 5.41) is 10.7. The quantitative estimate of drug-likeness (QED) is 0.415. The van der Waals surface area contributed by atoms with Gasteiger partial charge in [0.1, 0.15) is 5.75 Å². The Labute approximate surface area is 203 Å². The fraction of sp³-hybridized carbons (Fsp3) is 0.292. The highest BCUT2D eigenvalue weighted by Gasteiger charge is 2.22. The molecule has 3 aromatic rings. The number of anilines is 2. The van der Waals surface area contributed by atoms with Crippen molar-refractivity contribution < 1.29 is 27.9 Å². The highest BCUT2D eigenvalue weighted by Crippen LogP contribution is 2.37. The third-order valence-electron chi connectivity index (χ3n) is 5.57. The van der Waals surface area contributed by atoms with Crippen LogP contribution in [0.1, 0.15) is 21.5 Å². The average Bonchev–Trinajstić information content (AvgIpc) is 3.28. The van der Waals surface area contributed by atoms with Gasteiger partial charge in [0.05, 0.1) is 34.0 Å². The van der Waals surface area contributed by atoms with Gasteiger partial charge < -0.3 is 25.8 Å². The number of hydrogen-bond donors (Lipinski definition) is 3. The number of fused-ring (bicyclic) bond motifs is 2. The molecule has 186 valence electrons. The highest BCUT2D eigenvalue weighted by atomic mass is 32.2. The molecule has 0 saturated carbocycles. The van der Waals surface area contributed by atoms with Crippen molar-refractivity contribution in [3.8, 4) is 5.75 Å². The van der Waals surface area contributed by atoms with E-state index >= 15 is 0 Å². The Morgan fingerprint density at radius 2 is 2.03 bits per heavy atom. The molecule has 1 amide bonds. The van der Waals surface area contributed by atoms with Gasteiger partial charge in [-0.3, -0.25) is 14.6 Å². The smallest absolute Gasteiger partial charge is 0.290 e. The van der Waals surface area contributed by atoms with Crippen molar-refractivity contribution in [1.29, 1.82) is 0 Å². The first-order valence-corrected chi connectivity index (χ1v) is 12.4. The molecule has 2 aromatic carbocycles. The molecular formula is C24H28N4O6S. The van der Waals surface area contributed by atoms with Crippen LogP contribution in [0.15, 0.2) is 41.4 Å². The Hall–Kier alpha value is -3.70. The van der Waals surface area contributed by atoms with Gasteiger partial charge in [-0.2, -0.15) is 0 Å². The molecule has 10 nitrogen and oxygen atoms in total. The lowest BCUT2D eigenvalue weighted by Gasteiger charge is -2.17. The Bertz CT molecular complexity index is 1370. The van der Waals surface area contributed by atoms with E-state index in [0.29, 0.717) is 35.3 Å². The van der Waals surface area contributed by atoms with Crippen LogP contribution in [0.2, 0.25) is 0 Å². The first kappa shape index (κ1) is 25.9. The topological polar surface area (TPSA) is 152 Å². The third kappa shape index (κ3) is 5.69. The lowest BCUT2D eigenvalue weighted by molar-refractivity contribution is -0.122. The van der Waals surface area contributed by atoms with Gasteiger partial charge in [-0.25, -0.2) is 8.42 Å².